The second-order valence-corrected chi connectivity index (χ2v) is 5.66. The van der Waals surface area contributed by atoms with Crippen molar-refractivity contribution in [1.82, 2.24) is 9.55 Å². The molecule has 1 aromatic carbocycles. The van der Waals surface area contributed by atoms with E-state index < -0.39 is 0 Å². The van der Waals surface area contributed by atoms with E-state index >= 15 is 0 Å². The van der Waals surface area contributed by atoms with E-state index in [4.69, 9.17) is 15.5 Å². The summed E-state index contributed by atoms with van der Waals surface area (Å²) in [5.74, 6) is 1.01. The van der Waals surface area contributed by atoms with Crippen molar-refractivity contribution in [3.63, 3.8) is 0 Å². The highest BCUT2D eigenvalue weighted by Crippen LogP contribution is 2.33. The fourth-order valence-electron chi connectivity index (χ4n) is 2.88. The van der Waals surface area contributed by atoms with Crippen LogP contribution in [0, 0.1) is 0 Å². The fourth-order valence-corrected chi connectivity index (χ4v) is 2.88. The minimum Gasteiger partial charge on any atom is -0.381 e. The molecule has 2 N–H and O–H groups in total. The standard InChI is InChI=1S/C15H21N3O/c1-11(2)18-13-6-4-3-5-12(13)17-14(18)15(16)7-9-19-10-8-15/h3-6,11H,7-10,16H2,1-2H3. The van der Waals surface area contributed by atoms with Crippen LogP contribution in [0.3, 0.4) is 0 Å². The summed E-state index contributed by atoms with van der Waals surface area (Å²) in [5.41, 5.74) is 8.46. The SMILES string of the molecule is CC(C)n1c(C2(N)CCOCC2)nc2ccccc21. The summed E-state index contributed by atoms with van der Waals surface area (Å²) in [5, 5.41) is 0. The summed E-state index contributed by atoms with van der Waals surface area (Å²) in [6, 6.07) is 8.61. The van der Waals surface area contributed by atoms with Crippen molar-refractivity contribution in [3.05, 3.63) is 30.1 Å². The molecule has 0 saturated carbocycles. The Bertz CT molecular complexity index is 582. The zero-order valence-electron chi connectivity index (χ0n) is 11.6. The van der Waals surface area contributed by atoms with E-state index in [1.54, 1.807) is 0 Å². The van der Waals surface area contributed by atoms with E-state index in [9.17, 15) is 0 Å². The zero-order valence-corrected chi connectivity index (χ0v) is 11.6. The van der Waals surface area contributed by atoms with Crippen molar-refractivity contribution in [2.75, 3.05) is 13.2 Å². The van der Waals surface area contributed by atoms with Gasteiger partial charge in [0.2, 0.25) is 0 Å². The van der Waals surface area contributed by atoms with Crippen molar-refractivity contribution in [1.29, 1.82) is 0 Å². The molecule has 102 valence electrons. The largest absolute Gasteiger partial charge is 0.381 e. The third kappa shape index (κ3) is 2.05. The van der Waals surface area contributed by atoms with Crippen LogP contribution in [-0.2, 0) is 10.3 Å². The number of benzene rings is 1. The third-order valence-corrected chi connectivity index (χ3v) is 3.94. The molecule has 4 nitrogen and oxygen atoms in total. The van der Waals surface area contributed by atoms with Crippen LogP contribution in [0.1, 0.15) is 38.6 Å². The average molecular weight is 259 g/mol. The lowest BCUT2D eigenvalue weighted by molar-refractivity contribution is 0.0477. The number of fused-ring (bicyclic) bond motifs is 1. The first-order valence-electron chi connectivity index (χ1n) is 6.96. The molecule has 19 heavy (non-hydrogen) atoms. The predicted molar refractivity (Wildman–Crippen MR) is 76.0 cm³/mol. The van der Waals surface area contributed by atoms with Gasteiger partial charge in [0.1, 0.15) is 5.82 Å². The quantitative estimate of drug-likeness (QED) is 0.902. The van der Waals surface area contributed by atoms with Crippen LogP contribution < -0.4 is 5.73 Å². The van der Waals surface area contributed by atoms with Gasteiger partial charge in [-0.15, -0.1) is 0 Å². The summed E-state index contributed by atoms with van der Waals surface area (Å²) in [6.45, 7) is 5.80. The monoisotopic (exact) mass is 259 g/mol. The molecular formula is C15H21N3O. The Hall–Kier alpha value is -1.39. The van der Waals surface area contributed by atoms with Gasteiger partial charge in [-0.25, -0.2) is 4.98 Å². The molecule has 0 bridgehead atoms. The van der Waals surface area contributed by atoms with E-state index in [2.05, 4.69) is 36.6 Å². The third-order valence-electron chi connectivity index (χ3n) is 3.94. The molecule has 1 fully saturated rings. The van der Waals surface area contributed by atoms with Gasteiger partial charge >= 0.3 is 0 Å². The molecule has 0 radical (unpaired) electrons. The molecule has 0 aliphatic carbocycles. The van der Waals surface area contributed by atoms with Crippen LogP contribution in [-0.4, -0.2) is 22.8 Å². The molecule has 4 heteroatoms. The number of ether oxygens (including phenoxy) is 1. The summed E-state index contributed by atoms with van der Waals surface area (Å²) in [7, 11) is 0. The molecule has 0 amide bonds. The number of aromatic nitrogens is 2. The predicted octanol–water partition coefficient (Wildman–Crippen LogP) is 2.58. The van der Waals surface area contributed by atoms with Gasteiger partial charge in [-0.05, 0) is 38.8 Å². The average Bonchev–Trinajstić information content (AvgIpc) is 2.79. The van der Waals surface area contributed by atoms with E-state index in [1.807, 2.05) is 6.07 Å². The van der Waals surface area contributed by atoms with E-state index in [0.717, 1.165) is 37.4 Å². The van der Waals surface area contributed by atoms with Crippen molar-refractivity contribution < 1.29 is 4.74 Å². The maximum Gasteiger partial charge on any atom is 0.130 e. The van der Waals surface area contributed by atoms with Crippen molar-refractivity contribution >= 4 is 11.0 Å². The maximum absolute atomic E-state index is 6.62. The number of rotatable bonds is 2. The van der Waals surface area contributed by atoms with Gasteiger partial charge < -0.3 is 15.0 Å². The topological polar surface area (TPSA) is 53.1 Å². The Kier molecular flexibility index (Phi) is 3.07. The summed E-state index contributed by atoms with van der Waals surface area (Å²) in [6.07, 6.45) is 1.67. The number of imidazole rings is 1. The van der Waals surface area contributed by atoms with Gasteiger partial charge in [0.25, 0.3) is 0 Å². The second kappa shape index (κ2) is 4.62. The number of nitrogens with zero attached hydrogens (tertiary/aromatic N) is 2. The van der Waals surface area contributed by atoms with Gasteiger partial charge in [0.05, 0.1) is 16.6 Å². The Labute approximate surface area is 113 Å². The highest BCUT2D eigenvalue weighted by molar-refractivity contribution is 5.76. The molecule has 0 atom stereocenters. The molecule has 3 rings (SSSR count). The highest BCUT2D eigenvalue weighted by atomic mass is 16.5. The smallest absolute Gasteiger partial charge is 0.130 e. The van der Waals surface area contributed by atoms with Gasteiger partial charge in [0, 0.05) is 19.3 Å². The summed E-state index contributed by atoms with van der Waals surface area (Å²) < 4.78 is 7.72. The number of para-hydroxylation sites is 2. The second-order valence-electron chi connectivity index (χ2n) is 5.66. The Morgan fingerprint density at radius 1 is 1.26 bits per heavy atom. The van der Waals surface area contributed by atoms with E-state index in [1.165, 1.54) is 5.52 Å². The number of nitrogens with two attached hydrogens (primary N) is 1. The summed E-state index contributed by atoms with van der Waals surface area (Å²) in [4.78, 5) is 4.81. The first-order valence-corrected chi connectivity index (χ1v) is 6.96. The molecule has 1 aliphatic rings. The lowest BCUT2D eigenvalue weighted by atomic mass is 9.90. The zero-order chi connectivity index (χ0) is 13.5. The van der Waals surface area contributed by atoms with Crippen molar-refractivity contribution in [3.8, 4) is 0 Å². The minimum absolute atomic E-state index is 0.352. The van der Waals surface area contributed by atoms with Crippen LogP contribution >= 0.6 is 0 Å². The fraction of sp³-hybridized carbons (Fsp3) is 0.533. The molecule has 0 unspecified atom stereocenters. The van der Waals surface area contributed by atoms with Crippen LogP contribution in [0.2, 0.25) is 0 Å². The molecule has 0 spiro atoms. The maximum atomic E-state index is 6.62. The lowest BCUT2D eigenvalue weighted by Crippen LogP contribution is -2.44. The van der Waals surface area contributed by atoms with Gasteiger partial charge in [-0.1, -0.05) is 12.1 Å². The molecule has 1 saturated heterocycles. The molecule has 2 aromatic rings. The Morgan fingerprint density at radius 3 is 2.63 bits per heavy atom. The molecule has 1 aromatic heterocycles. The lowest BCUT2D eigenvalue weighted by Gasteiger charge is -2.34. The van der Waals surface area contributed by atoms with Crippen LogP contribution in [0.15, 0.2) is 24.3 Å². The normalized spacial score (nSPS) is 19.2. The Morgan fingerprint density at radius 2 is 1.95 bits per heavy atom. The van der Waals surface area contributed by atoms with Crippen molar-refractivity contribution in [2.45, 2.75) is 38.3 Å². The number of hydrogen-bond acceptors (Lipinski definition) is 3. The molecule has 1 aliphatic heterocycles. The van der Waals surface area contributed by atoms with E-state index in [0.29, 0.717) is 6.04 Å². The van der Waals surface area contributed by atoms with Gasteiger partial charge in [-0.2, -0.15) is 0 Å². The van der Waals surface area contributed by atoms with Crippen molar-refractivity contribution in [2.24, 2.45) is 5.73 Å². The van der Waals surface area contributed by atoms with Crippen LogP contribution in [0.25, 0.3) is 11.0 Å². The Balaban J connectivity index is 2.19. The molecule has 2 heterocycles. The summed E-state index contributed by atoms with van der Waals surface area (Å²) >= 11 is 0. The number of hydrogen-bond donors (Lipinski definition) is 1. The molecular weight excluding hydrogens is 238 g/mol. The first-order chi connectivity index (χ1) is 9.12. The van der Waals surface area contributed by atoms with Gasteiger partial charge in [-0.3, -0.25) is 0 Å². The highest BCUT2D eigenvalue weighted by Gasteiger charge is 2.35. The minimum atomic E-state index is -0.360. The van der Waals surface area contributed by atoms with Crippen LogP contribution in [0.4, 0.5) is 0 Å². The van der Waals surface area contributed by atoms with Crippen LogP contribution in [0.5, 0.6) is 0 Å². The first kappa shape index (κ1) is 12.6. The van der Waals surface area contributed by atoms with Gasteiger partial charge in [0.15, 0.2) is 0 Å². The van der Waals surface area contributed by atoms with E-state index in [-0.39, 0.29) is 5.54 Å².